The van der Waals surface area contributed by atoms with E-state index in [2.05, 4.69) is 11.6 Å². The zero-order valence-electron chi connectivity index (χ0n) is 8.12. The van der Waals surface area contributed by atoms with Crippen LogP contribution in [0.3, 0.4) is 0 Å². The first-order valence-electron chi connectivity index (χ1n) is 4.25. The van der Waals surface area contributed by atoms with Gasteiger partial charge in [0.25, 0.3) is 0 Å². The van der Waals surface area contributed by atoms with Gasteiger partial charge < -0.3 is 5.73 Å². The van der Waals surface area contributed by atoms with Crippen molar-refractivity contribution in [2.75, 3.05) is 0 Å². The Bertz CT molecular complexity index is 373. The molecular weight excluding hydrogens is 174 g/mol. The van der Waals surface area contributed by atoms with Crippen molar-refractivity contribution in [2.24, 2.45) is 10.7 Å². The van der Waals surface area contributed by atoms with Gasteiger partial charge in [-0.1, -0.05) is 36.9 Å². The van der Waals surface area contributed by atoms with Crippen molar-refractivity contribution in [3.63, 3.8) is 0 Å². The maximum atomic E-state index is 7.77. The van der Waals surface area contributed by atoms with Crippen LogP contribution in [0.5, 0.6) is 0 Å². The average Bonchev–Trinajstić information content (AvgIpc) is 2.17. The molecule has 0 saturated heterocycles. The highest BCUT2D eigenvalue weighted by atomic mass is 14.9. The number of rotatable bonds is 3. The molecule has 0 aliphatic rings. The van der Waals surface area contributed by atoms with Crippen molar-refractivity contribution in [2.45, 2.75) is 6.92 Å². The number of nitrogens with zero attached hydrogens (tertiary/aromatic N) is 1. The van der Waals surface area contributed by atoms with Gasteiger partial charge in [-0.2, -0.15) is 0 Å². The topological polar surface area (TPSA) is 62.2 Å². The first-order valence-corrected chi connectivity index (χ1v) is 4.25. The minimum Gasteiger partial charge on any atom is -0.387 e. The van der Waals surface area contributed by atoms with E-state index in [1.807, 2.05) is 30.3 Å². The summed E-state index contributed by atoms with van der Waals surface area (Å²) in [6.07, 6.45) is 0. The van der Waals surface area contributed by atoms with E-state index in [0.717, 1.165) is 5.56 Å². The molecule has 0 aliphatic heterocycles. The van der Waals surface area contributed by atoms with Crippen LogP contribution in [0.2, 0.25) is 0 Å². The third-order valence-electron chi connectivity index (χ3n) is 1.66. The summed E-state index contributed by atoms with van der Waals surface area (Å²) in [4.78, 5) is 3.93. The van der Waals surface area contributed by atoms with Gasteiger partial charge in [0.1, 0.15) is 0 Å². The van der Waals surface area contributed by atoms with E-state index in [9.17, 15) is 0 Å². The smallest absolute Gasteiger partial charge is 0.0965 e. The molecule has 72 valence electrons. The second-order valence-electron chi connectivity index (χ2n) is 2.94. The molecule has 0 aromatic heterocycles. The van der Waals surface area contributed by atoms with Crippen molar-refractivity contribution in [1.29, 1.82) is 5.41 Å². The van der Waals surface area contributed by atoms with Crippen LogP contribution in [0.25, 0.3) is 0 Å². The number of hydrogen-bond acceptors (Lipinski definition) is 2. The summed E-state index contributed by atoms with van der Waals surface area (Å²) < 4.78 is 0. The monoisotopic (exact) mass is 187 g/mol. The lowest BCUT2D eigenvalue weighted by atomic mass is 10.1. The number of benzene rings is 1. The van der Waals surface area contributed by atoms with E-state index in [1.54, 1.807) is 6.92 Å². The summed E-state index contributed by atoms with van der Waals surface area (Å²) in [7, 11) is 0. The second-order valence-corrected chi connectivity index (χ2v) is 2.94. The normalized spacial score (nSPS) is 11.1. The molecule has 0 spiro atoms. The Kier molecular flexibility index (Phi) is 3.18. The molecule has 3 nitrogen and oxygen atoms in total. The SMILES string of the molecule is C=C(N=C(C)N)C(=N)c1ccccc1. The zero-order chi connectivity index (χ0) is 10.6. The van der Waals surface area contributed by atoms with Crippen LogP contribution in [0.15, 0.2) is 47.6 Å². The minimum atomic E-state index is 0.301. The van der Waals surface area contributed by atoms with E-state index in [0.29, 0.717) is 17.2 Å². The highest BCUT2D eigenvalue weighted by molar-refractivity contribution is 6.11. The van der Waals surface area contributed by atoms with Gasteiger partial charge >= 0.3 is 0 Å². The van der Waals surface area contributed by atoms with E-state index in [4.69, 9.17) is 11.1 Å². The molecule has 1 rings (SSSR count). The molecule has 3 N–H and O–H groups in total. The largest absolute Gasteiger partial charge is 0.387 e. The Morgan fingerprint density at radius 1 is 1.36 bits per heavy atom. The molecule has 0 aliphatic carbocycles. The Balaban J connectivity index is 2.87. The Labute approximate surface area is 83.5 Å². The molecule has 1 aromatic rings. The molecule has 0 saturated carbocycles. The number of amidine groups is 1. The highest BCUT2D eigenvalue weighted by Crippen LogP contribution is 2.07. The number of nitrogens with two attached hydrogens (primary N) is 1. The molecule has 0 atom stereocenters. The fourth-order valence-corrected chi connectivity index (χ4v) is 1.04. The maximum Gasteiger partial charge on any atom is 0.0965 e. The standard InChI is InChI=1S/C11H13N3/c1-8(14-9(2)12)11(13)10-6-4-3-5-7-10/h3-7,13H,1H2,2H3,(H2,12,14). The molecule has 14 heavy (non-hydrogen) atoms. The first kappa shape index (κ1) is 10.2. The van der Waals surface area contributed by atoms with Crippen LogP contribution in [0, 0.1) is 5.41 Å². The molecule has 0 radical (unpaired) electrons. The van der Waals surface area contributed by atoms with E-state index >= 15 is 0 Å². The number of aliphatic imine (C=N–C) groups is 1. The quantitative estimate of drug-likeness (QED) is 0.551. The lowest BCUT2D eigenvalue weighted by molar-refractivity contribution is 1.36. The Morgan fingerprint density at radius 3 is 2.43 bits per heavy atom. The van der Waals surface area contributed by atoms with E-state index in [-0.39, 0.29) is 0 Å². The third-order valence-corrected chi connectivity index (χ3v) is 1.66. The zero-order valence-corrected chi connectivity index (χ0v) is 8.12. The van der Waals surface area contributed by atoms with Crippen LogP contribution in [0.1, 0.15) is 12.5 Å². The average molecular weight is 187 g/mol. The Hall–Kier alpha value is -1.90. The molecule has 0 amide bonds. The first-order chi connectivity index (χ1) is 6.61. The van der Waals surface area contributed by atoms with E-state index < -0.39 is 0 Å². The summed E-state index contributed by atoms with van der Waals surface area (Å²) in [6.45, 7) is 5.35. The van der Waals surface area contributed by atoms with Gasteiger partial charge in [-0.3, -0.25) is 5.41 Å². The lowest BCUT2D eigenvalue weighted by Gasteiger charge is -2.02. The minimum absolute atomic E-state index is 0.301. The number of allylic oxidation sites excluding steroid dienone is 1. The van der Waals surface area contributed by atoms with Crippen molar-refractivity contribution in [3.8, 4) is 0 Å². The van der Waals surface area contributed by atoms with Crippen molar-refractivity contribution in [1.82, 2.24) is 0 Å². The van der Waals surface area contributed by atoms with Gasteiger partial charge in [0.05, 0.1) is 17.2 Å². The van der Waals surface area contributed by atoms with Crippen LogP contribution >= 0.6 is 0 Å². The van der Waals surface area contributed by atoms with Gasteiger partial charge in [-0.05, 0) is 6.92 Å². The van der Waals surface area contributed by atoms with Crippen LogP contribution < -0.4 is 5.73 Å². The maximum absolute atomic E-state index is 7.77. The summed E-state index contributed by atoms with van der Waals surface area (Å²) in [5.74, 6) is 0.413. The molecule has 0 heterocycles. The second kappa shape index (κ2) is 4.37. The number of hydrogen-bond donors (Lipinski definition) is 2. The summed E-state index contributed by atoms with van der Waals surface area (Å²) >= 11 is 0. The molecule has 0 fully saturated rings. The van der Waals surface area contributed by atoms with Gasteiger partial charge in [0.15, 0.2) is 0 Å². The fraction of sp³-hybridized carbons (Fsp3) is 0.0909. The van der Waals surface area contributed by atoms with Crippen LogP contribution in [0.4, 0.5) is 0 Å². The predicted octanol–water partition coefficient (Wildman–Crippen LogP) is 1.95. The van der Waals surface area contributed by atoms with Gasteiger partial charge in [-0.15, -0.1) is 0 Å². The molecule has 3 heteroatoms. The lowest BCUT2D eigenvalue weighted by Crippen LogP contribution is -2.09. The van der Waals surface area contributed by atoms with Gasteiger partial charge in [0.2, 0.25) is 0 Å². The molecule has 0 bridgehead atoms. The van der Waals surface area contributed by atoms with E-state index in [1.165, 1.54) is 0 Å². The summed E-state index contributed by atoms with van der Waals surface area (Å²) in [6, 6.07) is 9.33. The third kappa shape index (κ3) is 2.55. The van der Waals surface area contributed by atoms with Crippen molar-refractivity contribution >= 4 is 11.5 Å². The molecular formula is C11H13N3. The van der Waals surface area contributed by atoms with Crippen molar-refractivity contribution in [3.05, 3.63) is 48.2 Å². The van der Waals surface area contributed by atoms with Gasteiger partial charge in [-0.25, -0.2) is 4.99 Å². The Morgan fingerprint density at radius 2 is 1.93 bits per heavy atom. The van der Waals surface area contributed by atoms with Crippen LogP contribution in [-0.2, 0) is 0 Å². The van der Waals surface area contributed by atoms with Gasteiger partial charge in [0, 0.05) is 5.56 Å². The summed E-state index contributed by atoms with van der Waals surface area (Å²) in [5, 5.41) is 7.77. The van der Waals surface area contributed by atoms with Crippen molar-refractivity contribution < 1.29 is 0 Å². The number of nitrogens with one attached hydrogen (secondary N) is 1. The van der Waals surface area contributed by atoms with Crippen LogP contribution in [-0.4, -0.2) is 11.5 Å². The molecule has 0 unspecified atom stereocenters. The predicted molar refractivity (Wildman–Crippen MR) is 59.7 cm³/mol. The summed E-state index contributed by atoms with van der Waals surface area (Å²) in [5.41, 5.74) is 6.88. The highest BCUT2D eigenvalue weighted by Gasteiger charge is 2.03. The fourth-order valence-electron chi connectivity index (χ4n) is 1.04. The molecule has 1 aromatic carbocycles.